The Hall–Kier alpha value is -0.271. The number of carboxylic acids is 1. The minimum atomic E-state index is -0.873. The summed E-state index contributed by atoms with van der Waals surface area (Å²) in [5, 5.41) is 8.10. The van der Waals surface area contributed by atoms with E-state index in [1.807, 2.05) is 5.82 Å². The molecular formula is C4H6O2Se. The Morgan fingerprint density at radius 3 is 2.29 bits per heavy atom. The predicted molar refractivity (Wildman–Crippen MR) is 28.4 cm³/mol. The minimum absolute atomic E-state index is 0.0613. The van der Waals surface area contributed by atoms with Crippen molar-refractivity contribution in [1.82, 2.24) is 0 Å². The van der Waals surface area contributed by atoms with Crippen LogP contribution in [0.25, 0.3) is 0 Å². The Kier molecular flexibility index (Phi) is 2.72. The summed E-state index contributed by atoms with van der Waals surface area (Å²) >= 11 is 0.0613. The second-order valence-corrected chi connectivity index (χ2v) is 2.82. The van der Waals surface area contributed by atoms with Gasteiger partial charge in [-0.2, -0.15) is 0 Å². The Balaban J connectivity index is 3.58. The predicted octanol–water partition coefficient (Wildman–Crippen LogP) is 0.337. The molecule has 3 heteroatoms. The fourth-order valence-electron chi connectivity index (χ4n) is 0.0873. The van der Waals surface area contributed by atoms with Crippen molar-refractivity contribution in [2.45, 2.75) is 5.82 Å². The Labute approximate surface area is 48.4 Å². The first-order valence-corrected chi connectivity index (χ1v) is 4.21. The normalized spacial score (nSPS) is 8.14. The zero-order chi connectivity index (χ0) is 5.86. The van der Waals surface area contributed by atoms with Gasteiger partial charge in [0, 0.05) is 0 Å². The molecule has 0 aromatic heterocycles. The summed E-state index contributed by atoms with van der Waals surface area (Å²) in [7, 11) is 0. The molecule has 0 unspecified atom stereocenters. The molecule has 0 rings (SSSR count). The molecule has 0 bridgehead atoms. The number of carboxylic acid groups (broad SMARTS) is 1. The zero-order valence-corrected chi connectivity index (χ0v) is 5.68. The van der Waals surface area contributed by atoms with Gasteiger partial charge in [-0.05, 0) is 0 Å². The van der Waals surface area contributed by atoms with Gasteiger partial charge in [0.1, 0.15) is 0 Å². The van der Waals surface area contributed by atoms with Crippen LogP contribution >= 0.6 is 0 Å². The molecule has 2 nitrogen and oxygen atoms in total. The van der Waals surface area contributed by atoms with Gasteiger partial charge in [-0.25, -0.2) is 0 Å². The first kappa shape index (κ1) is 6.73. The van der Waals surface area contributed by atoms with Gasteiger partial charge in [-0.15, -0.1) is 0 Å². The Bertz CT molecular complexity index is 97.9. The molecule has 0 aliphatic carbocycles. The van der Waals surface area contributed by atoms with Crippen molar-refractivity contribution >= 4 is 20.9 Å². The van der Waals surface area contributed by atoms with Gasteiger partial charge in [-0.3, -0.25) is 0 Å². The zero-order valence-electron chi connectivity index (χ0n) is 3.97. The maximum absolute atomic E-state index is 9.85. The van der Waals surface area contributed by atoms with E-state index in [-0.39, 0.29) is 15.0 Å². The summed E-state index contributed by atoms with van der Waals surface area (Å²) in [5.74, 6) is 0.950. The summed E-state index contributed by atoms with van der Waals surface area (Å²) in [4.78, 5) is 9.85. The molecule has 1 N–H and O–H groups in total. The summed E-state index contributed by atoms with van der Waals surface area (Å²) in [6, 6.07) is 0. The second-order valence-electron chi connectivity index (χ2n) is 0.932. The van der Waals surface area contributed by atoms with E-state index < -0.39 is 5.97 Å². The third-order valence-corrected chi connectivity index (χ3v) is 1.89. The molecular weight excluding hydrogens is 159 g/mol. The van der Waals surface area contributed by atoms with E-state index in [9.17, 15) is 4.79 Å². The van der Waals surface area contributed by atoms with Crippen LogP contribution in [-0.4, -0.2) is 26.0 Å². The fourth-order valence-corrected chi connectivity index (χ4v) is 0.454. The van der Waals surface area contributed by atoms with E-state index in [0.717, 1.165) is 0 Å². The average Bonchev–Trinajstić information content (AvgIpc) is 1.65. The molecule has 0 saturated heterocycles. The molecule has 0 fully saturated rings. The topological polar surface area (TPSA) is 37.3 Å². The van der Waals surface area contributed by atoms with Crippen LogP contribution in [0, 0.1) is 0 Å². The van der Waals surface area contributed by atoms with Crippen molar-refractivity contribution in [3.63, 3.8) is 0 Å². The molecule has 0 aromatic carbocycles. The molecule has 0 aliphatic rings. The van der Waals surface area contributed by atoms with Crippen LogP contribution in [0.2, 0.25) is 5.82 Å². The number of aliphatic carboxylic acids is 1. The third-order valence-electron chi connectivity index (χ3n) is 0.485. The van der Waals surface area contributed by atoms with Crippen LogP contribution in [-0.2, 0) is 4.79 Å². The van der Waals surface area contributed by atoms with Crippen molar-refractivity contribution in [3.8, 4) is 0 Å². The summed E-state index contributed by atoms with van der Waals surface area (Å²) in [6.07, 6.45) is 0. The quantitative estimate of drug-likeness (QED) is 0.473. The van der Waals surface area contributed by atoms with Crippen molar-refractivity contribution in [1.29, 1.82) is 0 Å². The molecule has 0 atom stereocenters. The molecule has 0 heterocycles. The molecule has 0 aliphatic heterocycles. The SMILES string of the molecule is C=C([Se]C)C(=O)O. The monoisotopic (exact) mass is 166 g/mol. The van der Waals surface area contributed by atoms with Gasteiger partial charge in [0.25, 0.3) is 0 Å². The van der Waals surface area contributed by atoms with Gasteiger partial charge in [0.15, 0.2) is 0 Å². The molecule has 40 valence electrons. The first-order valence-electron chi connectivity index (χ1n) is 1.64. The molecule has 0 aromatic rings. The van der Waals surface area contributed by atoms with Crippen LogP contribution in [0.15, 0.2) is 11.1 Å². The van der Waals surface area contributed by atoms with E-state index in [1.165, 1.54) is 0 Å². The summed E-state index contributed by atoms with van der Waals surface area (Å²) in [5.41, 5.74) is 0. The number of hydrogen-bond acceptors (Lipinski definition) is 1. The van der Waals surface area contributed by atoms with Crippen LogP contribution in [0.4, 0.5) is 0 Å². The van der Waals surface area contributed by atoms with E-state index in [4.69, 9.17) is 5.11 Å². The number of rotatable bonds is 2. The van der Waals surface area contributed by atoms with Gasteiger partial charge >= 0.3 is 47.7 Å². The van der Waals surface area contributed by atoms with Gasteiger partial charge in [0.05, 0.1) is 0 Å². The Morgan fingerprint density at radius 1 is 1.86 bits per heavy atom. The van der Waals surface area contributed by atoms with E-state index >= 15 is 0 Å². The van der Waals surface area contributed by atoms with Gasteiger partial charge < -0.3 is 0 Å². The Morgan fingerprint density at radius 2 is 2.29 bits per heavy atom. The van der Waals surface area contributed by atoms with Crippen LogP contribution in [0.3, 0.4) is 0 Å². The summed E-state index contributed by atoms with van der Waals surface area (Å²) in [6.45, 7) is 3.30. The van der Waals surface area contributed by atoms with Crippen molar-refractivity contribution in [3.05, 3.63) is 11.1 Å². The maximum atomic E-state index is 9.85. The van der Waals surface area contributed by atoms with Crippen molar-refractivity contribution in [2.75, 3.05) is 0 Å². The van der Waals surface area contributed by atoms with E-state index in [2.05, 4.69) is 6.58 Å². The average molecular weight is 165 g/mol. The first-order chi connectivity index (χ1) is 3.18. The molecule has 0 radical (unpaired) electrons. The van der Waals surface area contributed by atoms with Gasteiger partial charge in [-0.1, -0.05) is 0 Å². The van der Waals surface area contributed by atoms with E-state index in [0.29, 0.717) is 4.47 Å². The third kappa shape index (κ3) is 2.43. The number of hydrogen-bond donors (Lipinski definition) is 1. The molecule has 0 spiro atoms. The van der Waals surface area contributed by atoms with E-state index in [1.54, 1.807) is 0 Å². The van der Waals surface area contributed by atoms with Crippen LogP contribution in [0.1, 0.15) is 0 Å². The second kappa shape index (κ2) is 2.83. The fraction of sp³-hybridized carbons (Fsp3) is 0.250. The number of carbonyl (C=O) groups is 1. The molecule has 0 saturated carbocycles. The van der Waals surface area contributed by atoms with Crippen molar-refractivity contribution in [2.24, 2.45) is 0 Å². The summed E-state index contributed by atoms with van der Waals surface area (Å²) < 4.78 is 0.326. The van der Waals surface area contributed by atoms with Crippen LogP contribution in [0.5, 0.6) is 0 Å². The standard InChI is InChI=1S/C4H6O2Se/c1-3(7-2)4(5)6/h1H2,2H3,(H,5,6). The molecule has 0 amide bonds. The van der Waals surface area contributed by atoms with Gasteiger partial charge in [0.2, 0.25) is 0 Å². The van der Waals surface area contributed by atoms with Crippen LogP contribution < -0.4 is 0 Å². The molecule has 7 heavy (non-hydrogen) atoms. The van der Waals surface area contributed by atoms with Crippen molar-refractivity contribution < 1.29 is 9.90 Å².